The molecule has 66 heavy (non-hydrogen) atoms. The average Bonchev–Trinajstić information content (AvgIpc) is 3.29. The molecule has 0 saturated carbocycles. The number of hydrogen-bond donors (Lipinski definition) is 14. The Kier molecular flexibility index (Phi) is 26.3. The summed E-state index contributed by atoms with van der Waals surface area (Å²) in [6, 6.07) is 3.85. The summed E-state index contributed by atoms with van der Waals surface area (Å²) < 4.78 is 0. The van der Waals surface area contributed by atoms with E-state index >= 15 is 0 Å². The number of phenolic OH excluding ortho intramolecular Hbond substituents is 2. The molecule has 2 aromatic carbocycles. The van der Waals surface area contributed by atoms with Gasteiger partial charge in [0.1, 0.15) is 47.8 Å². The van der Waals surface area contributed by atoms with Gasteiger partial charge in [0, 0.05) is 18.6 Å². The third-order valence-corrected chi connectivity index (χ3v) is 11.5. The van der Waals surface area contributed by atoms with E-state index in [1.165, 1.54) is 24.3 Å². The number of amides is 7. The maximum absolute atomic E-state index is 14.4. The van der Waals surface area contributed by atoms with Crippen LogP contribution >= 0.6 is 12.6 Å². The highest BCUT2D eigenvalue weighted by Gasteiger charge is 2.35. The summed E-state index contributed by atoms with van der Waals surface area (Å²) >= 11 is 4.09. The Morgan fingerprint density at radius 2 is 0.894 bits per heavy atom. The van der Waals surface area contributed by atoms with Crippen LogP contribution in [-0.4, -0.2) is 119 Å². The molecule has 0 bridgehead atoms. The molecule has 0 spiro atoms. The zero-order valence-corrected chi connectivity index (χ0v) is 39.0. The van der Waals surface area contributed by atoms with Crippen LogP contribution in [0.5, 0.6) is 11.5 Å². The Balaban J connectivity index is 2.47. The van der Waals surface area contributed by atoms with Crippen LogP contribution < -0.4 is 60.6 Å². The standard InChI is InChI=1S/C45H73N11O9S/c1-3-27(2)38(45(65)54-36(25-29-15-19-31(58)20-16-29)44(64)51-33(11-5-8-22-47)41(61)55-37(26-66)39(50)59)56-42(62)34(12-6-9-23-48)52-43(63)35(24-28-13-17-30(57)18-14-28)53-40(60)32(49)10-4-7-21-46/h13-20,27,32-38,57-58,66H,3-12,21-26,46-49H2,1-2H3,(H2,50,59)(H,51,64)(H,52,63)(H,53,60)(H,54,65)(H,55,61)(H,56,62)/t27-,32-,33-,34-,35-,36-,37-,38-/m0/s1. The SMILES string of the molecule is CC[C@H](C)[C@H](NC(=O)[C@H](CCCCN)NC(=O)[C@H](Cc1ccc(O)cc1)NC(=O)[C@@H](N)CCCCN)C(=O)N[C@@H](Cc1ccc(O)cc1)C(=O)N[C@@H](CCCCN)C(=O)N[C@@H](CS)C(N)=O. The van der Waals surface area contributed by atoms with Crippen molar-refractivity contribution in [3.05, 3.63) is 59.7 Å². The van der Waals surface area contributed by atoms with Crippen LogP contribution in [0.25, 0.3) is 0 Å². The van der Waals surface area contributed by atoms with Crippen molar-refractivity contribution in [2.75, 3.05) is 25.4 Å². The monoisotopic (exact) mass is 944 g/mol. The van der Waals surface area contributed by atoms with Gasteiger partial charge in [-0.3, -0.25) is 33.6 Å². The number of thiol groups is 1. The molecule has 0 radical (unpaired) electrons. The van der Waals surface area contributed by atoms with Gasteiger partial charge in [0.05, 0.1) is 6.04 Å². The predicted octanol–water partition coefficient (Wildman–Crippen LogP) is -1.03. The molecule has 0 aliphatic carbocycles. The quantitative estimate of drug-likeness (QED) is 0.0309. The van der Waals surface area contributed by atoms with E-state index in [0.717, 1.165) is 0 Å². The van der Waals surface area contributed by atoms with E-state index in [1.54, 1.807) is 31.2 Å². The minimum absolute atomic E-state index is 0.00384. The summed E-state index contributed by atoms with van der Waals surface area (Å²) in [5, 5.41) is 36.0. The van der Waals surface area contributed by atoms with E-state index in [4.69, 9.17) is 28.7 Å². The topological polar surface area (TPSA) is 362 Å². The molecule has 18 N–H and O–H groups in total. The fourth-order valence-electron chi connectivity index (χ4n) is 6.84. The number of unbranched alkanes of at least 4 members (excludes halogenated alkanes) is 3. The molecule has 2 rings (SSSR count). The molecule has 8 atom stereocenters. The Morgan fingerprint density at radius 1 is 0.530 bits per heavy atom. The molecule has 0 unspecified atom stereocenters. The van der Waals surface area contributed by atoms with E-state index in [-0.39, 0.29) is 42.9 Å². The zero-order chi connectivity index (χ0) is 49.2. The molecule has 0 saturated heterocycles. The fraction of sp³-hybridized carbons (Fsp3) is 0.578. The lowest BCUT2D eigenvalue weighted by Crippen LogP contribution is -2.61. The number of rotatable bonds is 32. The van der Waals surface area contributed by atoms with Gasteiger partial charge in [-0.05, 0) is 112 Å². The summed E-state index contributed by atoms with van der Waals surface area (Å²) in [4.78, 5) is 95.5. The van der Waals surface area contributed by atoms with Crippen LogP contribution in [0.2, 0.25) is 0 Å². The van der Waals surface area contributed by atoms with Gasteiger partial charge in [0.25, 0.3) is 0 Å². The van der Waals surface area contributed by atoms with E-state index < -0.39 is 89.6 Å². The first kappa shape index (κ1) is 56.6. The Bertz CT molecular complexity index is 1840. The Hall–Kier alpha value is -5.48. The molecule has 0 aliphatic heterocycles. The van der Waals surface area contributed by atoms with E-state index in [0.29, 0.717) is 82.1 Å². The first-order chi connectivity index (χ1) is 31.5. The van der Waals surface area contributed by atoms with Gasteiger partial charge in [0.15, 0.2) is 0 Å². The van der Waals surface area contributed by atoms with Gasteiger partial charge < -0.3 is 70.8 Å². The van der Waals surface area contributed by atoms with Gasteiger partial charge in [-0.15, -0.1) is 0 Å². The van der Waals surface area contributed by atoms with Crippen molar-refractivity contribution in [3.8, 4) is 11.5 Å². The van der Waals surface area contributed by atoms with Crippen LogP contribution in [0.15, 0.2) is 48.5 Å². The lowest BCUT2D eigenvalue weighted by atomic mass is 9.96. The first-order valence-electron chi connectivity index (χ1n) is 22.6. The van der Waals surface area contributed by atoms with Crippen molar-refractivity contribution >= 4 is 54.0 Å². The van der Waals surface area contributed by atoms with Crippen LogP contribution in [-0.2, 0) is 46.4 Å². The third-order valence-electron chi connectivity index (χ3n) is 11.1. The van der Waals surface area contributed by atoms with Crippen molar-refractivity contribution in [3.63, 3.8) is 0 Å². The number of carbonyl (C=O) groups excluding carboxylic acids is 7. The molecule has 0 fully saturated rings. The minimum atomic E-state index is -1.32. The minimum Gasteiger partial charge on any atom is -0.508 e. The Labute approximate surface area is 392 Å². The van der Waals surface area contributed by atoms with Crippen LogP contribution in [0.3, 0.4) is 0 Å². The molecule has 2 aromatic rings. The van der Waals surface area contributed by atoms with Crippen molar-refractivity contribution in [1.82, 2.24) is 31.9 Å². The maximum atomic E-state index is 14.4. The Morgan fingerprint density at radius 3 is 1.29 bits per heavy atom. The molecule has 0 aliphatic rings. The van der Waals surface area contributed by atoms with E-state index in [1.807, 2.05) is 6.92 Å². The average molecular weight is 944 g/mol. The highest BCUT2D eigenvalue weighted by atomic mass is 32.1. The second-order valence-corrected chi connectivity index (χ2v) is 16.8. The normalized spacial score (nSPS) is 14.8. The number of benzene rings is 2. The van der Waals surface area contributed by atoms with Gasteiger partial charge >= 0.3 is 0 Å². The summed E-state index contributed by atoms with van der Waals surface area (Å²) in [5.41, 5.74) is 29.8. The van der Waals surface area contributed by atoms with Crippen molar-refractivity contribution < 1.29 is 43.8 Å². The number of aromatic hydroxyl groups is 2. The van der Waals surface area contributed by atoms with Gasteiger partial charge in [-0.1, -0.05) is 51.0 Å². The maximum Gasteiger partial charge on any atom is 0.243 e. The van der Waals surface area contributed by atoms with Gasteiger partial charge in [0.2, 0.25) is 41.4 Å². The number of hydrogen-bond acceptors (Lipinski definition) is 14. The summed E-state index contributed by atoms with van der Waals surface area (Å²) in [7, 11) is 0. The van der Waals surface area contributed by atoms with Crippen LogP contribution in [0.4, 0.5) is 0 Å². The largest absolute Gasteiger partial charge is 0.508 e. The zero-order valence-electron chi connectivity index (χ0n) is 38.1. The molecule has 21 heteroatoms. The smallest absolute Gasteiger partial charge is 0.243 e. The highest BCUT2D eigenvalue weighted by Crippen LogP contribution is 2.16. The number of nitrogens with one attached hydrogen (secondary N) is 6. The molecule has 368 valence electrons. The van der Waals surface area contributed by atoms with Crippen LogP contribution in [0.1, 0.15) is 89.2 Å². The second-order valence-electron chi connectivity index (χ2n) is 16.5. The predicted molar refractivity (Wildman–Crippen MR) is 254 cm³/mol. The second kappa shape index (κ2) is 30.7. The van der Waals surface area contributed by atoms with Crippen molar-refractivity contribution in [2.24, 2.45) is 34.6 Å². The number of primary amides is 1. The molecule has 20 nitrogen and oxygen atoms in total. The van der Waals surface area contributed by atoms with Crippen molar-refractivity contribution in [1.29, 1.82) is 0 Å². The number of carbonyl (C=O) groups is 7. The summed E-state index contributed by atoms with van der Waals surface area (Å²) in [5.74, 6) is -5.62. The fourth-order valence-corrected chi connectivity index (χ4v) is 7.11. The molecule has 7 amide bonds. The van der Waals surface area contributed by atoms with Gasteiger partial charge in [-0.2, -0.15) is 12.6 Å². The molecule has 0 heterocycles. The number of phenols is 2. The highest BCUT2D eigenvalue weighted by molar-refractivity contribution is 7.80. The van der Waals surface area contributed by atoms with Crippen LogP contribution in [0, 0.1) is 5.92 Å². The summed E-state index contributed by atoms with van der Waals surface area (Å²) in [6.45, 7) is 4.60. The lowest BCUT2D eigenvalue weighted by Gasteiger charge is -2.30. The van der Waals surface area contributed by atoms with E-state index in [2.05, 4.69) is 44.5 Å². The molecule has 0 aromatic heterocycles. The number of nitrogens with two attached hydrogens (primary N) is 5. The van der Waals surface area contributed by atoms with Crippen molar-refractivity contribution in [2.45, 2.75) is 133 Å². The molecular weight excluding hydrogens is 871 g/mol. The van der Waals surface area contributed by atoms with Gasteiger partial charge in [-0.25, -0.2) is 0 Å². The molecular formula is C45H73N11O9S. The third kappa shape index (κ3) is 20.4. The summed E-state index contributed by atoms with van der Waals surface area (Å²) in [6.07, 6.45) is 4.02. The first-order valence-corrected chi connectivity index (χ1v) is 23.2. The van der Waals surface area contributed by atoms with E-state index in [9.17, 15) is 43.8 Å². The lowest BCUT2D eigenvalue weighted by molar-refractivity contribution is -0.136.